The molecule has 1 amide bonds. The Bertz CT molecular complexity index is 937. The van der Waals surface area contributed by atoms with Gasteiger partial charge in [-0.15, -0.1) is 0 Å². The summed E-state index contributed by atoms with van der Waals surface area (Å²) in [6, 6.07) is 14.0. The SMILES string of the molecule is O=C(NCCCn1ccccc1=O)c1ccc2cccc(Cl)c2n1. The van der Waals surface area contributed by atoms with Gasteiger partial charge in [-0.3, -0.25) is 9.59 Å². The fourth-order valence-electron chi connectivity index (χ4n) is 2.42. The molecule has 0 radical (unpaired) electrons. The second kappa shape index (κ2) is 7.27. The third-order valence-electron chi connectivity index (χ3n) is 3.66. The molecular weight excluding hydrogens is 326 g/mol. The summed E-state index contributed by atoms with van der Waals surface area (Å²) in [6.07, 6.45) is 2.39. The van der Waals surface area contributed by atoms with Crippen LogP contribution in [0.2, 0.25) is 5.02 Å². The number of halogens is 1. The fourth-order valence-corrected chi connectivity index (χ4v) is 2.65. The van der Waals surface area contributed by atoms with Crippen molar-refractivity contribution in [1.29, 1.82) is 0 Å². The molecule has 122 valence electrons. The molecule has 0 aliphatic rings. The van der Waals surface area contributed by atoms with Crippen molar-refractivity contribution in [2.24, 2.45) is 0 Å². The molecule has 0 bridgehead atoms. The van der Waals surface area contributed by atoms with Crippen LogP contribution in [0.15, 0.2) is 59.5 Å². The van der Waals surface area contributed by atoms with E-state index in [4.69, 9.17) is 11.6 Å². The zero-order valence-electron chi connectivity index (χ0n) is 12.9. The van der Waals surface area contributed by atoms with E-state index in [1.807, 2.05) is 24.3 Å². The first-order chi connectivity index (χ1) is 11.6. The quantitative estimate of drug-likeness (QED) is 0.726. The molecule has 0 aliphatic heterocycles. The first-order valence-corrected chi connectivity index (χ1v) is 8.02. The highest BCUT2D eigenvalue weighted by Crippen LogP contribution is 2.21. The topological polar surface area (TPSA) is 64.0 Å². The summed E-state index contributed by atoms with van der Waals surface area (Å²) in [5, 5.41) is 4.22. The number of hydrogen-bond acceptors (Lipinski definition) is 3. The maximum atomic E-state index is 12.2. The van der Waals surface area contributed by atoms with E-state index in [-0.39, 0.29) is 11.5 Å². The summed E-state index contributed by atoms with van der Waals surface area (Å²) >= 11 is 6.12. The van der Waals surface area contributed by atoms with Crippen molar-refractivity contribution < 1.29 is 4.79 Å². The van der Waals surface area contributed by atoms with Crippen molar-refractivity contribution in [3.05, 3.63) is 75.8 Å². The van der Waals surface area contributed by atoms with E-state index in [1.165, 1.54) is 6.07 Å². The van der Waals surface area contributed by atoms with Crippen molar-refractivity contribution >= 4 is 28.4 Å². The van der Waals surface area contributed by atoms with Gasteiger partial charge in [-0.2, -0.15) is 0 Å². The van der Waals surface area contributed by atoms with Crippen LogP contribution >= 0.6 is 11.6 Å². The van der Waals surface area contributed by atoms with E-state index in [2.05, 4.69) is 10.3 Å². The molecule has 0 saturated heterocycles. The minimum atomic E-state index is -0.253. The van der Waals surface area contributed by atoms with Crippen LogP contribution in [0.4, 0.5) is 0 Å². The number of carbonyl (C=O) groups is 1. The number of nitrogens with zero attached hydrogens (tertiary/aromatic N) is 2. The van der Waals surface area contributed by atoms with Crippen LogP contribution in [-0.4, -0.2) is 22.0 Å². The molecule has 0 aliphatic carbocycles. The number of benzene rings is 1. The van der Waals surface area contributed by atoms with Gasteiger partial charge in [-0.1, -0.05) is 35.9 Å². The van der Waals surface area contributed by atoms with Crippen LogP contribution in [0.3, 0.4) is 0 Å². The Kier molecular flexibility index (Phi) is 4.91. The first kappa shape index (κ1) is 16.2. The van der Waals surface area contributed by atoms with E-state index in [1.54, 1.807) is 29.0 Å². The predicted molar refractivity (Wildman–Crippen MR) is 94.4 cm³/mol. The molecule has 0 saturated carbocycles. The molecule has 0 atom stereocenters. The number of amides is 1. The van der Waals surface area contributed by atoms with Crippen molar-refractivity contribution in [2.45, 2.75) is 13.0 Å². The highest BCUT2D eigenvalue weighted by atomic mass is 35.5. The summed E-state index contributed by atoms with van der Waals surface area (Å²) in [5.41, 5.74) is 0.893. The van der Waals surface area contributed by atoms with Gasteiger partial charge in [0.2, 0.25) is 5.56 Å². The molecule has 0 unspecified atom stereocenters. The summed E-state index contributed by atoms with van der Waals surface area (Å²) in [7, 11) is 0. The average Bonchev–Trinajstić information content (AvgIpc) is 2.60. The largest absolute Gasteiger partial charge is 0.351 e. The molecule has 3 aromatic rings. The lowest BCUT2D eigenvalue weighted by Gasteiger charge is -2.07. The molecule has 2 heterocycles. The highest BCUT2D eigenvalue weighted by Gasteiger charge is 2.09. The number of pyridine rings is 2. The van der Waals surface area contributed by atoms with E-state index >= 15 is 0 Å². The second-order valence-electron chi connectivity index (χ2n) is 5.35. The number of nitrogens with one attached hydrogen (secondary N) is 1. The van der Waals surface area contributed by atoms with Gasteiger partial charge >= 0.3 is 0 Å². The van der Waals surface area contributed by atoms with Gasteiger partial charge in [-0.05, 0) is 24.6 Å². The van der Waals surface area contributed by atoms with Crippen LogP contribution in [-0.2, 0) is 6.54 Å². The van der Waals surface area contributed by atoms with Crippen molar-refractivity contribution in [1.82, 2.24) is 14.9 Å². The number of aryl methyl sites for hydroxylation is 1. The van der Waals surface area contributed by atoms with Crippen molar-refractivity contribution in [3.8, 4) is 0 Å². The molecule has 5 nitrogen and oxygen atoms in total. The molecule has 0 fully saturated rings. The number of rotatable bonds is 5. The van der Waals surface area contributed by atoms with Gasteiger partial charge < -0.3 is 9.88 Å². The van der Waals surface area contributed by atoms with Gasteiger partial charge in [-0.25, -0.2) is 4.98 Å². The second-order valence-corrected chi connectivity index (χ2v) is 5.76. The summed E-state index contributed by atoms with van der Waals surface area (Å²) in [4.78, 5) is 28.1. The van der Waals surface area contributed by atoms with Crippen LogP contribution in [0.5, 0.6) is 0 Å². The third-order valence-corrected chi connectivity index (χ3v) is 3.97. The lowest BCUT2D eigenvalue weighted by Crippen LogP contribution is -2.27. The number of aromatic nitrogens is 2. The Morgan fingerprint density at radius 2 is 2.00 bits per heavy atom. The summed E-state index contributed by atoms with van der Waals surface area (Å²) in [6.45, 7) is 1.01. The number of fused-ring (bicyclic) bond motifs is 1. The Labute approximate surface area is 143 Å². The average molecular weight is 342 g/mol. The molecule has 0 spiro atoms. The fraction of sp³-hybridized carbons (Fsp3) is 0.167. The Morgan fingerprint density at radius 1 is 1.12 bits per heavy atom. The van der Waals surface area contributed by atoms with Gasteiger partial charge in [0.25, 0.3) is 5.91 Å². The molecule has 6 heteroatoms. The smallest absolute Gasteiger partial charge is 0.269 e. The standard InChI is InChI=1S/C18H16ClN3O2/c19-14-6-3-5-13-8-9-15(21-17(13)14)18(24)20-10-4-12-22-11-2-1-7-16(22)23/h1-3,5-9,11H,4,10,12H2,(H,20,24). The Morgan fingerprint density at radius 3 is 2.83 bits per heavy atom. The summed E-state index contributed by atoms with van der Waals surface area (Å²) < 4.78 is 1.61. The number of para-hydroxylation sites is 1. The predicted octanol–water partition coefficient (Wildman–Crippen LogP) is 2.87. The number of carbonyl (C=O) groups excluding carboxylic acids is 1. The summed E-state index contributed by atoms with van der Waals surface area (Å²) in [5.74, 6) is -0.253. The maximum Gasteiger partial charge on any atom is 0.269 e. The number of hydrogen-bond donors (Lipinski definition) is 1. The Hall–Kier alpha value is -2.66. The zero-order chi connectivity index (χ0) is 16.9. The van der Waals surface area contributed by atoms with Crippen LogP contribution in [0, 0.1) is 0 Å². The van der Waals surface area contributed by atoms with Crippen LogP contribution in [0.25, 0.3) is 10.9 Å². The van der Waals surface area contributed by atoms with Crippen LogP contribution < -0.4 is 10.9 Å². The lowest BCUT2D eigenvalue weighted by atomic mass is 10.2. The van der Waals surface area contributed by atoms with E-state index in [0.717, 1.165) is 5.39 Å². The minimum Gasteiger partial charge on any atom is -0.351 e. The van der Waals surface area contributed by atoms with Crippen LogP contribution in [0.1, 0.15) is 16.9 Å². The van der Waals surface area contributed by atoms with Gasteiger partial charge in [0, 0.05) is 30.7 Å². The normalized spacial score (nSPS) is 10.7. The zero-order valence-corrected chi connectivity index (χ0v) is 13.7. The van der Waals surface area contributed by atoms with Gasteiger partial charge in [0.1, 0.15) is 5.69 Å². The Balaban J connectivity index is 1.60. The van der Waals surface area contributed by atoms with E-state index in [9.17, 15) is 9.59 Å². The highest BCUT2D eigenvalue weighted by molar-refractivity contribution is 6.35. The maximum absolute atomic E-state index is 12.2. The first-order valence-electron chi connectivity index (χ1n) is 7.64. The molecule has 3 rings (SSSR count). The minimum absolute atomic E-state index is 0.0466. The lowest BCUT2D eigenvalue weighted by molar-refractivity contribution is 0.0948. The van der Waals surface area contributed by atoms with Gasteiger partial charge in [0.15, 0.2) is 0 Å². The van der Waals surface area contributed by atoms with Gasteiger partial charge in [0.05, 0.1) is 10.5 Å². The molecule has 1 aromatic carbocycles. The van der Waals surface area contributed by atoms with E-state index < -0.39 is 0 Å². The third kappa shape index (κ3) is 3.63. The van der Waals surface area contributed by atoms with Crippen molar-refractivity contribution in [2.75, 3.05) is 6.54 Å². The molecular formula is C18H16ClN3O2. The monoisotopic (exact) mass is 341 g/mol. The van der Waals surface area contributed by atoms with Crippen molar-refractivity contribution in [3.63, 3.8) is 0 Å². The molecule has 24 heavy (non-hydrogen) atoms. The molecule has 2 aromatic heterocycles. The van der Waals surface area contributed by atoms with E-state index in [0.29, 0.717) is 35.7 Å². The molecule has 1 N–H and O–H groups in total.